The van der Waals surface area contributed by atoms with E-state index in [1.54, 1.807) is 6.20 Å². The van der Waals surface area contributed by atoms with Gasteiger partial charge in [-0.25, -0.2) is 0 Å². The van der Waals surface area contributed by atoms with Crippen molar-refractivity contribution in [3.8, 4) is 0 Å². The lowest BCUT2D eigenvalue weighted by atomic mass is 9.89. The van der Waals surface area contributed by atoms with E-state index in [1.165, 1.54) is 6.92 Å². The number of carbonyl (C=O) groups is 2. The number of likely N-dealkylation sites (tertiary alicyclic amines) is 1. The first-order valence-electron chi connectivity index (χ1n) is 8.60. The van der Waals surface area contributed by atoms with Crippen LogP contribution in [0.4, 0.5) is 0 Å². The van der Waals surface area contributed by atoms with E-state index < -0.39 is 0 Å². The molecule has 0 spiro atoms. The normalized spacial score (nSPS) is 16.5. The maximum Gasteiger partial charge on any atom is 0.254 e. The molecule has 2 heterocycles. The smallest absolute Gasteiger partial charge is 0.254 e. The molecule has 132 valence electrons. The van der Waals surface area contributed by atoms with Gasteiger partial charge in [0, 0.05) is 43.5 Å². The molecule has 0 atom stereocenters. The lowest BCUT2D eigenvalue weighted by molar-refractivity contribution is -0.121. The van der Waals surface area contributed by atoms with Gasteiger partial charge in [0.25, 0.3) is 5.91 Å². The van der Waals surface area contributed by atoms with Crippen molar-refractivity contribution < 1.29 is 9.59 Å². The first-order valence-corrected chi connectivity index (χ1v) is 8.60. The number of rotatable bonds is 4. The summed E-state index contributed by atoms with van der Waals surface area (Å²) in [5.74, 6) is 0.0273. The Morgan fingerprint density at radius 2 is 1.92 bits per heavy atom. The molecule has 2 aromatic rings. The number of aromatic nitrogens is 2. The lowest BCUT2D eigenvalue weighted by Gasteiger charge is -2.40. The van der Waals surface area contributed by atoms with E-state index in [0.717, 1.165) is 24.0 Å². The molecular formula is C19H24N4O2. The molecule has 1 aromatic heterocycles. The van der Waals surface area contributed by atoms with Crippen LogP contribution in [0.3, 0.4) is 0 Å². The van der Waals surface area contributed by atoms with Crippen molar-refractivity contribution in [3.05, 3.63) is 53.9 Å². The number of amides is 2. The Balaban J connectivity index is 1.71. The minimum absolute atomic E-state index is 0.0214. The highest BCUT2D eigenvalue weighted by Gasteiger charge is 2.33. The van der Waals surface area contributed by atoms with Crippen LogP contribution in [0.25, 0.3) is 0 Å². The summed E-state index contributed by atoms with van der Waals surface area (Å²) >= 11 is 0. The third-order valence-corrected chi connectivity index (χ3v) is 4.77. The molecular weight excluding hydrogens is 316 g/mol. The molecule has 2 amide bonds. The van der Waals surface area contributed by atoms with Crippen molar-refractivity contribution in [2.45, 2.75) is 38.8 Å². The van der Waals surface area contributed by atoms with Crippen LogP contribution in [0.2, 0.25) is 0 Å². The molecule has 0 aliphatic carbocycles. The molecule has 25 heavy (non-hydrogen) atoms. The zero-order chi connectivity index (χ0) is 17.9. The molecule has 3 rings (SSSR count). The van der Waals surface area contributed by atoms with Crippen LogP contribution in [-0.4, -0.2) is 45.1 Å². The Labute approximate surface area is 147 Å². The van der Waals surface area contributed by atoms with Gasteiger partial charge in [0.15, 0.2) is 0 Å². The largest absolute Gasteiger partial charge is 0.351 e. The summed E-state index contributed by atoms with van der Waals surface area (Å²) in [4.78, 5) is 26.2. The fourth-order valence-electron chi connectivity index (χ4n) is 3.36. The van der Waals surface area contributed by atoms with Gasteiger partial charge in [-0.2, -0.15) is 5.10 Å². The summed E-state index contributed by atoms with van der Waals surface area (Å²) in [6.07, 6.45) is 5.15. The monoisotopic (exact) mass is 340 g/mol. The molecule has 6 heteroatoms. The molecule has 1 aromatic carbocycles. The zero-order valence-electron chi connectivity index (χ0n) is 14.7. The second-order valence-corrected chi connectivity index (χ2v) is 6.89. The summed E-state index contributed by atoms with van der Waals surface area (Å²) < 4.78 is 1.82. The molecule has 1 fully saturated rings. The number of nitrogens with zero attached hydrogens (tertiary/aromatic N) is 3. The summed E-state index contributed by atoms with van der Waals surface area (Å²) in [6.45, 7) is 5.44. The third-order valence-electron chi connectivity index (χ3n) is 4.77. The summed E-state index contributed by atoms with van der Waals surface area (Å²) in [5, 5.41) is 7.23. The van der Waals surface area contributed by atoms with Gasteiger partial charge in [-0.1, -0.05) is 18.2 Å². The molecule has 1 aliphatic heterocycles. The Morgan fingerprint density at radius 1 is 1.20 bits per heavy atom. The average molecular weight is 340 g/mol. The Bertz CT molecular complexity index is 747. The minimum atomic E-state index is -0.225. The fraction of sp³-hybridized carbons (Fsp3) is 0.421. The van der Waals surface area contributed by atoms with Crippen molar-refractivity contribution in [2.75, 3.05) is 13.1 Å². The molecule has 1 saturated heterocycles. The highest BCUT2D eigenvalue weighted by Crippen LogP contribution is 2.24. The van der Waals surface area contributed by atoms with Crippen LogP contribution in [0.15, 0.2) is 42.7 Å². The predicted molar refractivity (Wildman–Crippen MR) is 95.1 cm³/mol. The minimum Gasteiger partial charge on any atom is -0.351 e. The molecule has 6 nitrogen and oxygen atoms in total. The maximum atomic E-state index is 13.0. The maximum absolute atomic E-state index is 13.0. The zero-order valence-corrected chi connectivity index (χ0v) is 14.7. The lowest BCUT2D eigenvalue weighted by Crippen LogP contribution is -2.54. The van der Waals surface area contributed by atoms with Crippen molar-refractivity contribution in [1.82, 2.24) is 20.0 Å². The highest BCUT2D eigenvalue weighted by atomic mass is 16.2. The number of hydrogen-bond acceptors (Lipinski definition) is 3. The van der Waals surface area contributed by atoms with Gasteiger partial charge in [0.05, 0.1) is 6.54 Å². The van der Waals surface area contributed by atoms with E-state index in [9.17, 15) is 9.59 Å². The van der Waals surface area contributed by atoms with Gasteiger partial charge >= 0.3 is 0 Å². The highest BCUT2D eigenvalue weighted by molar-refractivity contribution is 5.95. The quantitative estimate of drug-likeness (QED) is 0.926. The first-order chi connectivity index (χ1) is 12.0. The Morgan fingerprint density at radius 3 is 2.56 bits per heavy atom. The average Bonchev–Trinajstić information content (AvgIpc) is 3.07. The van der Waals surface area contributed by atoms with Crippen molar-refractivity contribution in [2.24, 2.45) is 0 Å². The van der Waals surface area contributed by atoms with Crippen molar-refractivity contribution >= 4 is 11.8 Å². The number of piperidine rings is 1. The van der Waals surface area contributed by atoms with Crippen LogP contribution in [-0.2, 0) is 11.3 Å². The Hall–Kier alpha value is -2.63. The van der Waals surface area contributed by atoms with Crippen LogP contribution in [0, 0.1) is 0 Å². The van der Waals surface area contributed by atoms with Gasteiger partial charge in [-0.05, 0) is 37.5 Å². The van der Waals surface area contributed by atoms with Crippen LogP contribution < -0.4 is 5.32 Å². The van der Waals surface area contributed by atoms with Crippen LogP contribution in [0.5, 0.6) is 0 Å². The molecule has 0 saturated carbocycles. The van der Waals surface area contributed by atoms with Crippen molar-refractivity contribution in [1.29, 1.82) is 0 Å². The molecule has 0 unspecified atom stereocenters. The number of benzene rings is 1. The molecule has 0 bridgehead atoms. The second-order valence-electron chi connectivity index (χ2n) is 6.89. The van der Waals surface area contributed by atoms with Gasteiger partial charge in [-0.15, -0.1) is 0 Å². The third kappa shape index (κ3) is 4.07. The summed E-state index contributed by atoms with van der Waals surface area (Å²) in [6, 6.07) is 9.56. The van der Waals surface area contributed by atoms with E-state index in [0.29, 0.717) is 19.6 Å². The number of nitrogens with one attached hydrogen (secondary N) is 1. The fourth-order valence-corrected chi connectivity index (χ4v) is 3.36. The SMILES string of the molecule is CC(=O)NC1(C)CCN(C(=O)c2ccccc2Cn2cccn2)CC1. The van der Waals surface area contributed by atoms with Gasteiger partial charge in [0.2, 0.25) is 5.91 Å². The van der Waals surface area contributed by atoms with Gasteiger partial charge in [-0.3, -0.25) is 14.3 Å². The molecule has 0 radical (unpaired) electrons. The Kier molecular flexibility index (Phi) is 4.88. The van der Waals surface area contributed by atoms with Gasteiger partial charge in [0.1, 0.15) is 0 Å². The van der Waals surface area contributed by atoms with E-state index in [4.69, 9.17) is 0 Å². The van der Waals surface area contributed by atoms with E-state index in [1.807, 2.05) is 53.0 Å². The molecule has 1 N–H and O–H groups in total. The topological polar surface area (TPSA) is 67.2 Å². The van der Waals surface area contributed by atoms with E-state index in [-0.39, 0.29) is 17.4 Å². The van der Waals surface area contributed by atoms with E-state index in [2.05, 4.69) is 10.4 Å². The van der Waals surface area contributed by atoms with Crippen LogP contribution in [0.1, 0.15) is 42.6 Å². The standard InChI is InChI=1S/C19H24N4O2/c1-15(24)21-19(2)8-12-22(13-9-19)18(25)17-7-4-3-6-16(17)14-23-11-5-10-20-23/h3-7,10-11H,8-9,12-14H2,1-2H3,(H,21,24). The van der Waals surface area contributed by atoms with Crippen molar-refractivity contribution in [3.63, 3.8) is 0 Å². The first kappa shape index (κ1) is 17.2. The molecule has 1 aliphatic rings. The summed E-state index contributed by atoms with van der Waals surface area (Å²) in [7, 11) is 0. The van der Waals surface area contributed by atoms with E-state index >= 15 is 0 Å². The predicted octanol–water partition coefficient (Wildman–Crippen LogP) is 2.06. The van der Waals surface area contributed by atoms with Gasteiger partial charge < -0.3 is 10.2 Å². The number of hydrogen-bond donors (Lipinski definition) is 1. The number of carbonyl (C=O) groups excluding carboxylic acids is 2. The second kappa shape index (κ2) is 7.09. The van der Waals surface area contributed by atoms with Crippen LogP contribution >= 0.6 is 0 Å². The summed E-state index contributed by atoms with van der Waals surface area (Å²) in [5.41, 5.74) is 1.46.